The predicted octanol–water partition coefficient (Wildman–Crippen LogP) is 4.97. The number of hydrogen-bond donors (Lipinski definition) is 1. The van der Waals surface area contributed by atoms with E-state index in [-0.39, 0.29) is 17.1 Å². The summed E-state index contributed by atoms with van der Waals surface area (Å²) in [5, 5.41) is 3.64. The van der Waals surface area contributed by atoms with Gasteiger partial charge in [0.15, 0.2) is 0 Å². The number of carbonyl (C=O) groups is 1. The minimum absolute atomic E-state index is 0.111. The number of hydrogen-bond acceptors (Lipinski definition) is 4. The number of halogens is 2. The first-order chi connectivity index (χ1) is 13.8. The molecule has 1 unspecified atom stereocenters. The molecule has 2 aromatic rings. The fourth-order valence-corrected chi connectivity index (χ4v) is 4.31. The van der Waals surface area contributed by atoms with Crippen LogP contribution >= 0.6 is 23.2 Å². The van der Waals surface area contributed by atoms with Crippen molar-refractivity contribution < 1.29 is 9.53 Å². The summed E-state index contributed by atoms with van der Waals surface area (Å²) in [5.74, 6) is 0.701. The van der Waals surface area contributed by atoms with Crippen LogP contribution in [0.4, 0.5) is 0 Å². The third-order valence-electron chi connectivity index (χ3n) is 5.91. The molecule has 5 nitrogen and oxygen atoms in total. The van der Waals surface area contributed by atoms with E-state index in [2.05, 4.69) is 42.0 Å². The fraction of sp³-hybridized carbons (Fsp3) is 0.455. The lowest BCUT2D eigenvalue weighted by Gasteiger charge is -2.37. The lowest BCUT2D eigenvalue weighted by atomic mass is 9.94. The molecule has 1 fully saturated rings. The number of piperidine rings is 1. The van der Waals surface area contributed by atoms with Gasteiger partial charge in [0.25, 0.3) is 5.91 Å². The minimum atomic E-state index is -0.224. The number of ether oxygens (including phenoxy) is 1. The number of benzene rings is 1. The van der Waals surface area contributed by atoms with Crippen molar-refractivity contribution in [2.45, 2.75) is 45.7 Å². The van der Waals surface area contributed by atoms with Crippen LogP contribution in [0.2, 0.25) is 10.2 Å². The Morgan fingerprint density at radius 1 is 1.24 bits per heavy atom. The van der Waals surface area contributed by atoms with E-state index < -0.39 is 0 Å². The second-order valence-electron chi connectivity index (χ2n) is 7.56. The van der Waals surface area contributed by atoms with E-state index in [1.165, 1.54) is 22.9 Å². The molecule has 1 atom stereocenters. The van der Waals surface area contributed by atoms with Crippen LogP contribution in [0, 0.1) is 13.8 Å². The van der Waals surface area contributed by atoms with Crippen LogP contribution in [0.5, 0.6) is 5.75 Å². The van der Waals surface area contributed by atoms with E-state index in [0.717, 1.165) is 31.7 Å². The SMILES string of the molecule is COc1ccc(C(C)N2CCC(NC(=O)c3cc(Cl)cnc3Cl)CC2)c(C)c1C. The number of nitrogens with zero attached hydrogens (tertiary/aromatic N) is 2. The number of carbonyl (C=O) groups excluding carboxylic acids is 1. The molecule has 1 aliphatic rings. The molecule has 3 rings (SSSR count). The molecule has 1 aliphatic heterocycles. The van der Waals surface area contributed by atoms with Crippen molar-refractivity contribution in [2.75, 3.05) is 20.2 Å². The molecule has 7 heteroatoms. The number of amides is 1. The number of methoxy groups -OCH3 is 1. The summed E-state index contributed by atoms with van der Waals surface area (Å²) < 4.78 is 5.43. The van der Waals surface area contributed by atoms with Gasteiger partial charge in [-0.1, -0.05) is 29.3 Å². The van der Waals surface area contributed by atoms with E-state index >= 15 is 0 Å². The highest BCUT2D eigenvalue weighted by molar-refractivity contribution is 6.34. The molecule has 0 bridgehead atoms. The summed E-state index contributed by atoms with van der Waals surface area (Å²) in [5.41, 5.74) is 4.10. The van der Waals surface area contributed by atoms with Crippen LogP contribution in [0.3, 0.4) is 0 Å². The molecular formula is C22H27Cl2N3O2. The molecule has 2 heterocycles. The summed E-state index contributed by atoms with van der Waals surface area (Å²) in [6.07, 6.45) is 3.20. The molecule has 1 aromatic heterocycles. The van der Waals surface area contributed by atoms with E-state index in [0.29, 0.717) is 16.6 Å². The second kappa shape index (κ2) is 9.33. The maximum atomic E-state index is 12.5. The average molecular weight is 436 g/mol. The largest absolute Gasteiger partial charge is 0.496 e. The lowest BCUT2D eigenvalue weighted by molar-refractivity contribution is 0.0895. The molecule has 156 valence electrons. The molecule has 29 heavy (non-hydrogen) atoms. The number of nitrogens with one attached hydrogen (secondary N) is 1. The standard InChI is InChI=1S/C22H27Cl2N3O2/c1-13-14(2)20(29-4)6-5-18(13)15(3)27-9-7-17(8-10-27)26-22(28)19-11-16(23)12-25-21(19)24/h5-6,11-12,15,17H,7-10H2,1-4H3,(H,26,28). The van der Waals surface area contributed by atoms with Crippen molar-refractivity contribution in [1.29, 1.82) is 0 Å². The normalized spacial score (nSPS) is 16.5. The molecule has 1 saturated heterocycles. The maximum Gasteiger partial charge on any atom is 0.254 e. The van der Waals surface area contributed by atoms with Crippen molar-refractivity contribution in [1.82, 2.24) is 15.2 Å². The van der Waals surface area contributed by atoms with Gasteiger partial charge in [0.2, 0.25) is 0 Å². The monoisotopic (exact) mass is 435 g/mol. The van der Waals surface area contributed by atoms with Crippen molar-refractivity contribution in [3.8, 4) is 5.75 Å². The van der Waals surface area contributed by atoms with Gasteiger partial charge in [-0.15, -0.1) is 0 Å². The zero-order valence-corrected chi connectivity index (χ0v) is 18.8. The predicted molar refractivity (Wildman–Crippen MR) is 117 cm³/mol. The Kier molecular flexibility index (Phi) is 7.04. The van der Waals surface area contributed by atoms with Gasteiger partial charge in [0.05, 0.1) is 17.7 Å². The quantitative estimate of drug-likeness (QED) is 0.673. The van der Waals surface area contributed by atoms with Gasteiger partial charge in [-0.3, -0.25) is 9.69 Å². The van der Waals surface area contributed by atoms with E-state index in [4.69, 9.17) is 27.9 Å². The molecule has 1 aromatic carbocycles. The Morgan fingerprint density at radius 3 is 2.59 bits per heavy atom. The Balaban J connectivity index is 1.61. The Bertz CT molecular complexity index is 896. The molecular weight excluding hydrogens is 409 g/mol. The fourth-order valence-electron chi connectivity index (χ4n) is 3.96. The minimum Gasteiger partial charge on any atom is -0.496 e. The maximum absolute atomic E-state index is 12.5. The smallest absolute Gasteiger partial charge is 0.254 e. The van der Waals surface area contributed by atoms with Crippen LogP contribution in [0.25, 0.3) is 0 Å². The van der Waals surface area contributed by atoms with Gasteiger partial charge < -0.3 is 10.1 Å². The topological polar surface area (TPSA) is 54.5 Å². The van der Waals surface area contributed by atoms with Crippen molar-refractivity contribution in [3.05, 3.63) is 56.8 Å². The number of pyridine rings is 1. The summed E-state index contributed by atoms with van der Waals surface area (Å²) in [6, 6.07) is 6.18. The van der Waals surface area contributed by atoms with Crippen molar-refractivity contribution in [2.24, 2.45) is 0 Å². The number of rotatable bonds is 5. The number of likely N-dealkylation sites (tertiary alicyclic amines) is 1. The summed E-state index contributed by atoms with van der Waals surface area (Å²) in [4.78, 5) is 19.0. The first-order valence-corrected chi connectivity index (χ1v) is 10.6. The Labute approximate surface area is 182 Å². The van der Waals surface area contributed by atoms with Crippen LogP contribution in [-0.2, 0) is 0 Å². The molecule has 0 aliphatic carbocycles. The highest BCUT2D eigenvalue weighted by Crippen LogP contribution is 2.32. The molecule has 0 saturated carbocycles. The highest BCUT2D eigenvalue weighted by Gasteiger charge is 2.26. The summed E-state index contributed by atoms with van der Waals surface area (Å²) in [7, 11) is 1.70. The van der Waals surface area contributed by atoms with E-state index in [1.807, 2.05) is 6.07 Å². The van der Waals surface area contributed by atoms with Crippen LogP contribution in [-0.4, -0.2) is 42.0 Å². The van der Waals surface area contributed by atoms with Gasteiger partial charge in [0, 0.05) is 31.4 Å². The van der Waals surface area contributed by atoms with Crippen LogP contribution in [0.15, 0.2) is 24.4 Å². The van der Waals surface area contributed by atoms with Gasteiger partial charge in [0.1, 0.15) is 10.9 Å². The zero-order valence-electron chi connectivity index (χ0n) is 17.3. The Hall–Kier alpha value is -1.82. The summed E-state index contributed by atoms with van der Waals surface area (Å²) in [6.45, 7) is 8.32. The molecule has 1 N–H and O–H groups in total. The molecule has 0 spiro atoms. The molecule has 0 radical (unpaired) electrons. The van der Waals surface area contributed by atoms with Gasteiger partial charge in [-0.2, -0.15) is 0 Å². The van der Waals surface area contributed by atoms with E-state index in [1.54, 1.807) is 13.2 Å². The molecule has 1 amide bonds. The van der Waals surface area contributed by atoms with Crippen LogP contribution < -0.4 is 10.1 Å². The summed E-state index contributed by atoms with van der Waals surface area (Å²) >= 11 is 12.0. The first-order valence-electron chi connectivity index (χ1n) is 9.81. The average Bonchev–Trinajstić information content (AvgIpc) is 2.71. The van der Waals surface area contributed by atoms with Gasteiger partial charge >= 0.3 is 0 Å². The number of aromatic nitrogens is 1. The second-order valence-corrected chi connectivity index (χ2v) is 8.35. The third-order valence-corrected chi connectivity index (χ3v) is 6.42. The lowest BCUT2D eigenvalue weighted by Crippen LogP contribution is -2.45. The van der Waals surface area contributed by atoms with Gasteiger partial charge in [-0.25, -0.2) is 4.98 Å². The van der Waals surface area contributed by atoms with Gasteiger partial charge in [-0.05, 0) is 62.4 Å². The van der Waals surface area contributed by atoms with Crippen molar-refractivity contribution in [3.63, 3.8) is 0 Å². The Morgan fingerprint density at radius 2 is 1.93 bits per heavy atom. The first kappa shape index (κ1) is 21.9. The zero-order chi connectivity index (χ0) is 21.1. The van der Waals surface area contributed by atoms with Crippen LogP contribution in [0.1, 0.15) is 52.9 Å². The van der Waals surface area contributed by atoms with E-state index in [9.17, 15) is 4.79 Å². The highest BCUT2D eigenvalue weighted by atomic mass is 35.5. The third kappa shape index (κ3) is 4.85. The van der Waals surface area contributed by atoms with Crippen molar-refractivity contribution >= 4 is 29.1 Å².